The van der Waals surface area contributed by atoms with Crippen LogP contribution in [0.25, 0.3) is 22.6 Å². The molecule has 1 atom stereocenters. The molecule has 1 unspecified atom stereocenters. The first-order valence-electron chi connectivity index (χ1n) is 9.97. The van der Waals surface area contributed by atoms with E-state index in [1.807, 2.05) is 56.4 Å². The lowest BCUT2D eigenvalue weighted by Crippen LogP contribution is -3.08. The van der Waals surface area contributed by atoms with Crippen LogP contribution in [0.4, 0.5) is 0 Å². The van der Waals surface area contributed by atoms with Crippen molar-refractivity contribution in [2.24, 2.45) is 0 Å². The first kappa shape index (κ1) is 19.9. The van der Waals surface area contributed by atoms with Crippen LogP contribution in [0, 0.1) is 0 Å². The lowest BCUT2D eigenvalue weighted by atomic mass is 9.92. The molecule has 2 aromatic carbocycles. The smallest absolute Gasteiger partial charge is 0.161 e. The summed E-state index contributed by atoms with van der Waals surface area (Å²) in [5.74, 6) is 0.184. The molecule has 0 amide bonds. The van der Waals surface area contributed by atoms with Crippen molar-refractivity contribution in [3.05, 3.63) is 64.8 Å². The standard InChI is InChI=1S/C24H24N2O4/c1-4-30-21-12-15(9-10-20(21)29-3)11-16-13-26(2)14-18-22(24(27)28)17-7-5-6-8-19(17)25-23(16)18/h5-12H,4,13-14H2,1-3H3,(H,27,28)/b16-11+. The second-order valence-corrected chi connectivity index (χ2v) is 7.44. The molecule has 30 heavy (non-hydrogen) atoms. The summed E-state index contributed by atoms with van der Waals surface area (Å²) in [5, 5.41) is 12.7. The molecule has 154 valence electrons. The van der Waals surface area contributed by atoms with Crippen LogP contribution in [0.15, 0.2) is 42.5 Å². The summed E-state index contributed by atoms with van der Waals surface area (Å²) in [4.78, 5) is 18.1. The van der Waals surface area contributed by atoms with Crippen molar-refractivity contribution in [1.82, 2.24) is 4.98 Å². The number of aromatic carboxylic acids is 1. The quantitative estimate of drug-likeness (QED) is 0.699. The number of para-hydroxylation sites is 1. The van der Waals surface area contributed by atoms with E-state index in [4.69, 9.17) is 14.5 Å². The van der Waals surface area contributed by atoms with Crippen molar-refractivity contribution >= 4 is 28.5 Å². The highest BCUT2D eigenvalue weighted by molar-refractivity contribution is 6.05. The van der Waals surface area contributed by atoms with Gasteiger partial charge in [0.25, 0.3) is 0 Å². The number of carbonyl (C=O) groups excluding carboxylic acids is 1. The van der Waals surface area contributed by atoms with Crippen LogP contribution in [0.5, 0.6) is 11.5 Å². The number of nitrogens with one attached hydrogen (secondary N) is 1. The number of aromatic nitrogens is 1. The monoisotopic (exact) mass is 404 g/mol. The Balaban J connectivity index is 1.90. The number of methoxy groups -OCH3 is 1. The molecule has 0 fully saturated rings. The molecule has 4 rings (SSSR count). The number of carboxylic acids is 1. The van der Waals surface area contributed by atoms with Crippen LogP contribution in [0.3, 0.4) is 0 Å². The predicted molar refractivity (Wildman–Crippen MR) is 114 cm³/mol. The van der Waals surface area contributed by atoms with Crippen LogP contribution < -0.4 is 19.5 Å². The van der Waals surface area contributed by atoms with E-state index in [1.54, 1.807) is 13.2 Å². The van der Waals surface area contributed by atoms with Crippen molar-refractivity contribution in [3.8, 4) is 11.5 Å². The number of rotatable bonds is 5. The first-order valence-corrected chi connectivity index (χ1v) is 9.97. The Morgan fingerprint density at radius 3 is 2.73 bits per heavy atom. The van der Waals surface area contributed by atoms with Crippen molar-refractivity contribution in [2.75, 3.05) is 27.3 Å². The lowest BCUT2D eigenvalue weighted by molar-refractivity contribution is -0.887. The van der Waals surface area contributed by atoms with E-state index in [-0.39, 0.29) is 5.56 Å². The second-order valence-electron chi connectivity index (χ2n) is 7.44. The molecule has 0 saturated heterocycles. The summed E-state index contributed by atoms with van der Waals surface area (Å²) in [6.07, 6.45) is 2.05. The summed E-state index contributed by atoms with van der Waals surface area (Å²) in [6, 6.07) is 13.1. The third kappa shape index (κ3) is 3.62. The first-order chi connectivity index (χ1) is 14.5. The SMILES string of the molecule is CCOc1cc(/C=C2\C[NH+](C)Cc3c2nc2ccccc2c3C(=O)[O-])ccc1OC. The molecule has 6 nitrogen and oxygen atoms in total. The van der Waals surface area contributed by atoms with E-state index < -0.39 is 5.97 Å². The van der Waals surface area contributed by atoms with E-state index in [1.165, 1.54) is 4.90 Å². The van der Waals surface area contributed by atoms with Gasteiger partial charge in [-0.15, -0.1) is 0 Å². The number of hydrogen-bond acceptors (Lipinski definition) is 5. The van der Waals surface area contributed by atoms with Gasteiger partial charge in [-0.25, -0.2) is 4.98 Å². The fourth-order valence-corrected chi connectivity index (χ4v) is 4.07. The number of fused-ring (bicyclic) bond motifs is 2. The van der Waals surface area contributed by atoms with E-state index in [0.717, 1.165) is 28.9 Å². The van der Waals surface area contributed by atoms with Crippen LogP contribution >= 0.6 is 0 Å². The van der Waals surface area contributed by atoms with Gasteiger partial charge in [-0.3, -0.25) is 0 Å². The van der Waals surface area contributed by atoms with Crippen LogP contribution in [-0.2, 0) is 6.54 Å². The highest BCUT2D eigenvalue weighted by Gasteiger charge is 2.27. The van der Waals surface area contributed by atoms with Crippen molar-refractivity contribution < 1.29 is 24.3 Å². The molecule has 3 aromatic rings. The average Bonchev–Trinajstić information content (AvgIpc) is 2.72. The fourth-order valence-electron chi connectivity index (χ4n) is 4.07. The van der Waals surface area contributed by atoms with Crippen molar-refractivity contribution in [1.29, 1.82) is 0 Å². The van der Waals surface area contributed by atoms with Gasteiger partial charge in [0.2, 0.25) is 0 Å². The molecule has 2 heterocycles. The van der Waals surface area contributed by atoms with Gasteiger partial charge in [-0.05, 0) is 36.8 Å². The van der Waals surface area contributed by atoms with Gasteiger partial charge in [0.15, 0.2) is 11.5 Å². The maximum Gasteiger partial charge on any atom is 0.161 e. The van der Waals surface area contributed by atoms with Gasteiger partial charge >= 0.3 is 0 Å². The minimum Gasteiger partial charge on any atom is -0.545 e. The average molecular weight is 404 g/mol. The van der Waals surface area contributed by atoms with Gasteiger partial charge in [-0.2, -0.15) is 0 Å². The highest BCUT2D eigenvalue weighted by Crippen LogP contribution is 2.32. The Bertz CT molecular complexity index is 1150. The van der Waals surface area contributed by atoms with E-state index in [2.05, 4.69) is 0 Å². The van der Waals surface area contributed by atoms with Gasteiger partial charge in [0.05, 0.1) is 37.9 Å². The topological polar surface area (TPSA) is 75.9 Å². The summed E-state index contributed by atoms with van der Waals surface area (Å²) in [6.45, 7) is 3.78. The number of carbonyl (C=O) groups is 1. The number of benzene rings is 2. The van der Waals surface area contributed by atoms with Gasteiger partial charge in [0.1, 0.15) is 13.1 Å². The molecular formula is C24H24N2O4. The molecule has 0 saturated carbocycles. The molecule has 1 aromatic heterocycles. The molecule has 1 N–H and O–H groups in total. The zero-order chi connectivity index (χ0) is 21.3. The van der Waals surface area contributed by atoms with E-state index >= 15 is 0 Å². The zero-order valence-electron chi connectivity index (χ0n) is 17.3. The number of nitrogens with zero attached hydrogens (tertiary/aromatic N) is 1. The van der Waals surface area contributed by atoms with Gasteiger partial charge in [-0.1, -0.05) is 24.3 Å². The Morgan fingerprint density at radius 1 is 1.20 bits per heavy atom. The third-order valence-electron chi connectivity index (χ3n) is 5.30. The largest absolute Gasteiger partial charge is 0.545 e. The second kappa shape index (κ2) is 8.16. The lowest BCUT2D eigenvalue weighted by Gasteiger charge is -2.27. The Kier molecular flexibility index (Phi) is 5.42. The Hall–Kier alpha value is -3.38. The summed E-state index contributed by atoms with van der Waals surface area (Å²) in [5.41, 5.74) is 4.28. The minimum absolute atomic E-state index is 0.241. The summed E-state index contributed by atoms with van der Waals surface area (Å²) >= 11 is 0. The maximum absolute atomic E-state index is 12.0. The van der Waals surface area contributed by atoms with Crippen molar-refractivity contribution in [2.45, 2.75) is 13.5 Å². The highest BCUT2D eigenvalue weighted by atomic mass is 16.5. The van der Waals surface area contributed by atoms with Crippen molar-refractivity contribution in [3.63, 3.8) is 0 Å². The summed E-state index contributed by atoms with van der Waals surface area (Å²) in [7, 11) is 3.66. The van der Waals surface area contributed by atoms with Gasteiger partial charge in [0, 0.05) is 22.1 Å². The molecule has 6 heteroatoms. The number of carboxylic acid groups (broad SMARTS) is 1. The Labute approximate surface area is 175 Å². The summed E-state index contributed by atoms with van der Waals surface area (Å²) < 4.78 is 11.1. The third-order valence-corrected chi connectivity index (χ3v) is 5.30. The number of quaternary nitrogens is 1. The maximum atomic E-state index is 12.0. The molecule has 0 spiro atoms. The minimum atomic E-state index is -1.16. The zero-order valence-corrected chi connectivity index (χ0v) is 17.3. The molecular weight excluding hydrogens is 380 g/mol. The normalized spacial score (nSPS) is 17.0. The fraction of sp³-hybridized carbons (Fsp3) is 0.250. The number of likely N-dealkylation sites (N-methyl/N-ethyl adjacent to an activating group) is 1. The van der Waals surface area contributed by atoms with Crippen LogP contribution in [0.2, 0.25) is 0 Å². The van der Waals surface area contributed by atoms with Crippen LogP contribution in [0.1, 0.15) is 34.1 Å². The number of pyridine rings is 1. The molecule has 0 bridgehead atoms. The Morgan fingerprint density at radius 2 is 2.00 bits per heavy atom. The predicted octanol–water partition coefficient (Wildman–Crippen LogP) is 1.57. The van der Waals surface area contributed by atoms with Crippen LogP contribution in [-0.4, -0.2) is 38.3 Å². The van der Waals surface area contributed by atoms with E-state index in [0.29, 0.717) is 35.6 Å². The van der Waals surface area contributed by atoms with Gasteiger partial charge < -0.3 is 24.3 Å². The molecule has 1 aliphatic heterocycles. The number of ether oxygens (including phenoxy) is 2. The molecule has 0 radical (unpaired) electrons. The van der Waals surface area contributed by atoms with E-state index in [9.17, 15) is 9.90 Å². The molecule has 1 aliphatic rings. The molecule has 0 aliphatic carbocycles. The number of hydrogen-bond donors (Lipinski definition) is 1.